The van der Waals surface area contributed by atoms with Crippen molar-refractivity contribution in [2.24, 2.45) is 11.7 Å². The number of nitrogens with zero attached hydrogens (tertiary/aromatic N) is 1. The Morgan fingerprint density at radius 1 is 1.18 bits per heavy atom. The first kappa shape index (κ1) is 34.0. The molecule has 0 saturated carbocycles. The lowest BCUT2D eigenvalue weighted by Crippen LogP contribution is -2.52. The van der Waals surface area contributed by atoms with Gasteiger partial charge >= 0.3 is 13.3 Å². The number of para-hydroxylation sites is 1. The monoisotopic (exact) mass is 644 g/mol. The number of halogens is 2. The number of allylic oxidation sites excluding steroid dienone is 1. The quantitative estimate of drug-likeness (QED) is 0.172. The van der Waals surface area contributed by atoms with Gasteiger partial charge in [0.1, 0.15) is 6.04 Å². The molecule has 13 heteroatoms. The lowest BCUT2D eigenvalue weighted by molar-refractivity contribution is -0.125. The van der Waals surface area contributed by atoms with E-state index in [2.05, 4.69) is 17.2 Å². The normalized spacial score (nSPS) is 19.2. The minimum absolute atomic E-state index is 0.0871. The van der Waals surface area contributed by atoms with E-state index in [1.165, 1.54) is 18.2 Å². The van der Waals surface area contributed by atoms with Crippen LogP contribution < -0.4 is 21.3 Å². The molecule has 0 spiro atoms. The number of aryl methyl sites for hydroxylation is 1. The largest absolute Gasteiger partial charge is 0.399 e. The maximum Gasteiger partial charge on any atom is 0.399 e. The third-order valence-electron chi connectivity index (χ3n) is 8.40. The Kier molecular flexibility index (Phi) is 10.0. The fourth-order valence-electron chi connectivity index (χ4n) is 5.84. The minimum atomic E-state index is -5.71. The zero-order chi connectivity index (χ0) is 33.3. The van der Waals surface area contributed by atoms with Crippen LogP contribution in [0.3, 0.4) is 0 Å². The summed E-state index contributed by atoms with van der Waals surface area (Å²) in [7, 11) is -5.71. The molecule has 10 nitrogen and oxygen atoms in total. The third kappa shape index (κ3) is 7.35. The number of alkyl halides is 2. The Hall–Kier alpha value is -3.86. The molecule has 0 aliphatic carbocycles. The van der Waals surface area contributed by atoms with E-state index in [4.69, 9.17) is 15.5 Å². The molecule has 2 aromatic rings. The van der Waals surface area contributed by atoms with Crippen LogP contribution in [-0.2, 0) is 37.5 Å². The molecule has 0 saturated heterocycles. The Bertz CT molecular complexity index is 1570. The molecule has 0 unspecified atom stereocenters. The van der Waals surface area contributed by atoms with Gasteiger partial charge in [0.25, 0.3) is 0 Å². The summed E-state index contributed by atoms with van der Waals surface area (Å²) < 4.78 is 39.3. The van der Waals surface area contributed by atoms with Crippen molar-refractivity contribution in [3.8, 4) is 0 Å². The van der Waals surface area contributed by atoms with E-state index in [-0.39, 0.29) is 24.3 Å². The Labute approximate surface area is 260 Å². The average Bonchev–Trinajstić information content (AvgIpc) is 3.30. The van der Waals surface area contributed by atoms with Gasteiger partial charge in [0.15, 0.2) is 0 Å². The van der Waals surface area contributed by atoms with Gasteiger partial charge in [-0.1, -0.05) is 62.9 Å². The van der Waals surface area contributed by atoms with Gasteiger partial charge in [-0.25, -0.2) is 0 Å². The number of primary amides is 1. The van der Waals surface area contributed by atoms with Gasteiger partial charge in [-0.3, -0.25) is 18.9 Å². The molecule has 4 rings (SSSR count). The molecule has 2 aliphatic heterocycles. The van der Waals surface area contributed by atoms with E-state index in [1.807, 2.05) is 32.0 Å². The fourth-order valence-corrected chi connectivity index (χ4v) is 6.33. The van der Waals surface area contributed by atoms with E-state index < -0.39 is 42.7 Å². The van der Waals surface area contributed by atoms with Crippen LogP contribution in [0.15, 0.2) is 60.8 Å². The van der Waals surface area contributed by atoms with Crippen LogP contribution in [0.2, 0.25) is 0 Å². The topological polar surface area (TPSA) is 162 Å². The van der Waals surface area contributed by atoms with E-state index in [1.54, 1.807) is 11.8 Å². The van der Waals surface area contributed by atoms with Crippen molar-refractivity contribution in [1.29, 1.82) is 0 Å². The van der Waals surface area contributed by atoms with Crippen molar-refractivity contribution >= 4 is 36.6 Å². The molecule has 0 fully saturated rings. The first-order valence-corrected chi connectivity index (χ1v) is 16.3. The molecule has 0 radical (unpaired) electrons. The highest BCUT2D eigenvalue weighted by atomic mass is 31.2. The number of rotatable bonds is 12. The number of amides is 3. The number of nitrogens with two attached hydrogens (primary N) is 1. The predicted octanol–water partition coefficient (Wildman–Crippen LogP) is 4.10. The minimum Gasteiger partial charge on any atom is -0.384 e. The van der Waals surface area contributed by atoms with Crippen LogP contribution >= 0.6 is 7.60 Å². The van der Waals surface area contributed by atoms with Gasteiger partial charge in [-0.2, -0.15) is 8.78 Å². The predicted molar refractivity (Wildman–Crippen MR) is 167 cm³/mol. The standard InChI is InChI=1S/C32H39F2N4O6P/c1-18(2)25(14-15-28(35)39)36-20(4)27-17-23-7-5-6-22-10-13-26(31(41)38(27)30(22)23)37-29(40)16-19(3)21-8-11-24(12-9-21)32(33,34)45(42,43)44/h5-9,11-12,16,18,25-27,36H,4,10,13-15,17H2,1-3H3,(H2,35,39)(H,37,40)(H2,42,43,44)/b19-16+/t25-,26-,27-/m0/s1. The summed E-state index contributed by atoms with van der Waals surface area (Å²) in [6, 6.07) is 8.84. The van der Waals surface area contributed by atoms with E-state index in [0.717, 1.165) is 28.9 Å². The number of hydrogen-bond acceptors (Lipinski definition) is 5. The Morgan fingerprint density at radius 3 is 2.42 bits per heavy atom. The summed E-state index contributed by atoms with van der Waals surface area (Å²) in [6.45, 7) is 9.91. The first-order chi connectivity index (χ1) is 21.0. The van der Waals surface area contributed by atoms with Crippen molar-refractivity contribution in [3.63, 3.8) is 0 Å². The zero-order valence-electron chi connectivity index (χ0n) is 25.4. The molecule has 0 aromatic heterocycles. The SMILES string of the molecule is C=C(N[C@@H](CCC(N)=O)C(C)C)[C@@H]1Cc2cccc3c2N1C(=O)[C@@H](NC(=O)/C=C(\C)c1ccc(C(F)(F)P(=O)(O)O)cc1)CC3. The van der Waals surface area contributed by atoms with Crippen molar-refractivity contribution < 1.29 is 37.5 Å². The molecule has 0 bridgehead atoms. The molecule has 2 aromatic carbocycles. The second-order valence-electron chi connectivity index (χ2n) is 12.0. The number of benzene rings is 2. The number of hydrogen-bond donors (Lipinski definition) is 5. The summed E-state index contributed by atoms with van der Waals surface area (Å²) in [6.07, 6.45) is 3.43. The highest BCUT2D eigenvalue weighted by Crippen LogP contribution is 2.59. The van der Waals surface area contributed by atoms with E-state index in [0.29, 0.717) is 42.5 Å². The molecule has 3 atom stereocenters. The van der Waals surface area contributed by atoms with Gasteiger partial charge in [0.05, 0.1) is 11.7 Å². The Morgan fingerprint density at radius 2 is 1.82 bits per heavy atom. The van der Waals surface area contributed by atoms with Gasteiger partial charge in [0.2, 0.25) is 17.7 Å². The van der Waals surface area contributed by atoms with E-state index >= 15 is 0 Å². The van der Waals surface area contributed by atoms with Crippen LogP contribution in [0.4, 0.5) is 14.5 Å². The van der Waals surface area contributed by atoms with Gasteiger partial charge in [-0.05, 0) is 54.4 Å². The van der Waals surface area contributed by atoms with Crippen molar-refractivity contribution in [3.05, 3.63) is 83.1 Å². The number of anilines is 1. The second-order valence-corrected chi connectivity index (χ2v) is 13.6. The second kappa shape index (κ2) is 13.2. The van der Waals surface area contributed by atoms with Crippen LogP contribution in [0.5, 0.6) is 0 Å². The molecular formula is C32H39F2N4O6P. The average molecular weight is 645 g/mol. The van der Waals surface area contributed by atoms with Crippen LogP contribution in [-0.4, -0.2) is 45.6 Å². The number of nitrogens with one attached hydrogen (secondary N) is 2. The molecule has 6 N–H and O–H groups in total. The molecule has 45 heavy (non-hydrogen) atoms. The Balaban J connectivity index is 1.52. The summed E-state index contributed by atoms with van der Waals surface area (Å²) in [5.41, 5.74) is 4.42. The van der Waals surface area contributed by atoms with Crippen molar-refractivity contribution in [2.75, 3.05) is 4.90 Å². The van der Waals surface area contributed by atoms with Crippen LogP contribution in [0.1, 0.15) is 62.3 Å². The lowest BCUT2D eigenvalue weighted by atomic mass is 9.97. The highest BCUT2D eigenvalue weighted by molar-refractivity contribution is 7.52. The van der Waals surface area contributed by atoms with Gasteiger partial charge in [0, 0.05) is 36.2 Å². The summed E-state index contributed by atoms with van der Waals surface area (Å²) in [5, 5.41) is 6.24. The molecule has 242 valence electrons. The fraction of sp³-hybridized carbons (Fsp3) is 0.406. The molecule has 3 amide bonds. The third-order valence-corrected chi connectivity index (χ3v) is 9.39. The van der Waals surface area contributed by atoms with Gasteiger partial charge < -0.3 is 31.1 Å². The van der Waals surface area contributed by atoms with E-state index in [9.17, 15) is 27.7 Å². The smallest absolute Gasteiger partial charge is 0.384 e. The van der Waals surface area contributed by atoms with Crippen LogP contribution in [0, 0.1) is 5.92 Å². The van der Waals surface area contributed by atoms with Gasteiger partial charge in [-0.15, -0.1) is 0 Å². The van der Waals surface area contributed by atoms with Crippen LogP contribution in [0.25, 0.3) is 5.57 Å². The number of carbonyl (C=O) groups is 3. The summed E-state index contributed by atoms with van der Waals surface area (Å²) >= 11 is 0. The summed E-state index contributed by atoms with van der Waals surface area (Å²) in [5.74, 6) is -1.06. The molecule has 2 aliphatic rings. The number of carbonyl (C=O) groups excluding carboxylic acids is 3. The highest BCUT2D eigenvalue weighted by Gasteiger charge is 2.50. The molecular weight excluding hydrogens is 605 g/mol. The lowest BCUT2D eigenvalue weighted by Gasteiger charge is -2.33. The maximum atomic E-state index is 14.1. The first-order valence-electron chi connectivity index (χ1n) is 14.7. The zero-order valence-corrected chi connectivity index (χ0v) is 26.3. The van der Waals surface area contributed by atoms with Crippen molar-refractivity contribution in [2.45, 2.75) is 76.7 Å². The van der Waals surface area contributed by atoms with Crippen molar-refractivity contribution in [1.82, 2.24) is 10.6 Å². The summed E-state index contributed by atoms with van der Waals surface area (Å²) in [4.78, 5) is 58.2. The maximum absolute atomic E-state index is 14.1. The molecule has 2 heterocycles.